The van der Waals surface area contributed by atoms with Crippen molar-refractivity contribution in [2.45, 2.75) is 31.8 Å². The number of carbonyl (C=O) groups is 4. The molecular formula is C35H37F3N6O6. The quantitative estimate of drug-likeness (QED) is 0.277. The fraction of sp³-hybridized carbons (Fsp3) is 0.400. The topological polar surface area (TPSA) is 137 Å². The number of nitrogens with one attached hydrogen (secondary N) is 1. The zero-order chi connectivity index (χ0) is 35.5. The molecule has 0 saturated carbocycles. The van der Waals surface area contributed by atoms with E-state index in [1.165, 1.54) is 16.7 Å². The molecule has 4 amide bonds. The average Bonchev–Trinajstić information content (AvgIpc) is 3.77. The summed E-state index contributed by atoms with van der Waals surface area (Å²) in [5.74, 6) is -3.90. The molecule has 0 bridgehead atoms. The minimum absolute atomic E-state index is 0.0695. The van der Waals surface area contributed by atoms with Gasteiger partial charge in [0.1, 0.15) is 36.3 Å². The van der Waals surface area contributed by atoms with Gasteiger partial charge in [-0.25, -0.2) is 22.9 Å². The van der Waals surface area contributed by atoms with Gasteiger partial charge in [0.15, 0.2) is 0 Å². The first-order chi connectivity index (χ1) is 24.0. The standard InChI is InChI=1S/C35H37F3N6O6/c1-21(45)34(48)44(19-23-14-39-15-28(23)38)32(24-17-42(18-24)35(49)50-12-11-43-30(46)9-10-31(43)47)33-40-29(26-13-25(36)7-8-27(26)37)20-41(33)16-22-5-3-2-4-6-22/h2-10,13,20-21,23-24,28,32,39,45H,11-12,14-19H2,1H3. The van der Waals surface area contributed by atoms with Gasteiger partial charge >= 0.3 is 6.09 Å². The summed E-state index contributed by atoms with van der Waals surface area (Å²) in [6, 6.07) is 11.4. The van der Waals surface area contributed by atoms with E-state index in [-0.39, 0.29) is 69.5 Å². The minimum Gasteiger partial charge on any atom is -0.448 e. The van der Waals surface area contributed by atoms with Gasteiger partial charge in [-0.2, -0.15) is 0 Å². The van der Waals surface area contributed by atoms with Crippen LogP contribution < -0.4 is 5.32 Å². The van der Waals surface area contributed by atoms with Crippen LogP contribution in [0.4, 0.5) is 18.0 Å². The van der Waals surface area contributed by atoms with Gasteiger partial charge < -0.3 is 29.5 Å². The van der Waals surface area contributed by atoms with Gasteiger partial charge in [-0.05, 0) is 30.7 Å². The van der Waals surface area contributed by atoms with Crippen LogP contribution in [0.3, 0.4) is 0 Å². The Morgan fingerprint density at radius 2 is 1.80 bits per heavy atom. The maximum Gasteiger partial charge on any atom is 0.409 e. The van der Waals surface area contributed by atoms with Crippen molar-refractivity contribution in [3.8, 4) is 11.3 Å². The average molecular weight is 695 g/mol. The van der Waals surface area contributed by atoms with Crippen molar-refractivity contribution in [2.75, 3.05) is 45.9 Å². The van der Waals surface area contributed by atoms with Gasteiger partial charge in [-0.15, -0.1) is 0 Å². The molecule has 1 aromatic heterocycles. The highest BCUT2D eigenvalue weighted by molar-refractivity contribution is 6.12. The number of likely N-dealkylation sites (tertiary alicyclic amines) is 1. The second kappa shape index (κ2) is 14.8. The van der Waals surface area contributed by atoms with Gasteiger partial charge in [0.05, 0.1) is 18.3 Å². The Kier molecular flexibility index (Phi) is 10.3. The smallest absolute Gasteiger partial charge is 0.409 e. The number of rotatable bonds is 12. The van der Waals surface area contributed by atoms with Crippen LogP contribution in [0, 0.1) is 23.5 Å². The first-order valence-electron chi connectivity index (χ1n) is 16.3. The summed E-state index contributed by atoms with van der Waals surface area (Å²) >= 11 is 0. The maximum absolute atomic E-state index is 15.1. The lowest BCUT2D eigenvalue weighted by Crippen LogP contribution is -2.58. The fourth-order valence-electron chi connectivity index (χ4n) is 6.54. The molecule has 264 valence electrons. The van der Waals surface area contributed by atoms with Crippen LogP contribution in [0.1, 0.15) is 24.4 Å². The molecule has 6 rings (SSSR count). The molecule has 3 aliphatic heterocycles. The van der Waals surface area contributed by atoms with E-state index >= 15 is 8.78 Å². The van der Waals surface area contributed by atoms with Crippen molar-refractivity contribution < 1.29 is 42.2 Å². The normalized spacial score (nSPS) is 20.3. The molecule has 2 saturated heterocycles. The summed E-state index contributed by atoms with van der Waals surface area (Å²) in [7, 11) is 0. The summed E-state index contributed by atoms with van der Waals surface area (Å²) in [4.78, 5) is 58.9. The first-order valence-corrected chi connectivity index (χ1v) is 16.3. The third kappa shape index (κ3) is 7.43. The number of imide groups is 1. The van der Waals surface area contributed by atoms with Gasteiger partial charge in [-0.3, -0.25) is 19.3 Å². The summed E-state index contributed by atoms with van der Waals surface area (Å²) < 4.78 is 51.5. The number of aromatic nitrogens is 2. The fourth-order valence-corrected chi connectivity index (χ4v) is 6.54. The summed E-state index contributed by atoms with van der Waals surface area (Å²) in [6.45, 7) is 1.63. The van der Waals surface area contributed by atoms with Crippen LogP contribution in [0.15, 0.2) is 66.9 Å². The zero-order valence-corrected chi connectivity index (χ0v) is 27.3. The monoisotopic (exact) mass is 694 g/mol. The predicted octanol–water partition coefficient (Wildman–Crippen LogP) is 2.68. The third-order valence-corrected chi connectivity index (χ3v) is 9.19. The zero-order valence-electron chi connectivity index (χ0n) is 27.3. The number of ether oxygens (including phenoxy) is 1. The SMILES string of the molecule is CC(O)C(=O)N(CC1CNCC1F)C(c1nc(-c2cc(F)ccc2F)cn1Cc1ccccc1)C1CN(C(=O)OCCN2C(=O)C=CC2=O)C1. The van der Waals surface area contributed by atoms with E-state index in [2.05, 4.69) is 5.32 Å². The largest absolute Gasteiger partial charge is 0.448 e. The summed E-state index contributed by atoms with van der Waals surface area (Å²) in [5.41, 5.74) is 0.847. The van der Waals surface area contributed by atoms with E-state index < -0.39 is 65.6 Å². The van der Waals surface area contributed by atoms with Crippen molar-refractivity contribution in [3.63, 3.8) is 0 Å². The Labute approximate surface area is 286 Å². The number of hydrogen-bond acceptors (Lipinski definition) is 8. The number of halogens is 3. The van der Waals surface area contributed by atoms with Crippen molar-refractivity contribution in [2.24, 2.45) is 11.8 Å². The minimum atomic E-state index is -1.46. The third-order valence-electron chi connectivity index (χ3n) is 9.19. The molecule has 2 N–H and O–H groups in total. The van der Waals surface area contributed by atoms with E-state index in [1.54, 1.807) is 10.8 Å². The second-order valence-corrected chi connectivity index (χ2v) is 12.7. The number of nitrogens with zero attached hydrogens (tertiary/aromatic N) is 5. The molecule has 2 fully saturated rings. The number of aliphatic hydroxyl groups excluding tert-OH is 1. The lowest BCUT2D eigenvalue weighted by molar-refractivity contribution is -0.146. The van der Waals surface area contributed by atoms with Crippen LogP contribution in [-0.4, -0.2) is 111 Å². The number of benzene rings is 2. The van der Waals surface area contributed by atoms with Crippen molar-refractivity contribution in [1.82, 2.24) is 29.6 Å². The Morgan fingerprint density at radius 3 is 2.46 bits per heavy atom. The Balaban J connectivity index is 1.34. The van der Waals surface area contributed by atoms with Crippen molar-refractivity contribution in [3.05, 3.63) is 89.9 Å². The number of imidazole rings is 1. The summed E-state index contributed by atoms with van der Waals surface area (Å²) in [5, 5.41) is 13.5. The Bertz CT molecular complexity index is 1760. The molecule has 4 unspecified atom stereocenters. The van der Waals surface area contributed by atoms with E-state index in [9.17, 15) is 28.7 Å². The molecule has 12 nitrogen and oxygen atoms in total. The first kappa shape index (κ1) is 34.8. The van der Waals surface area contributed by atoms with Gasteiger partial charge in [0.25, 0.3) is 17.7 Å². The molecule has 50 heavy (non-hydrogen) atoms. The molecule has 2 aromatic carbocycles. The van der Waals surface area contributed by atoms with Crippen molar-refractivity contribution >= 4 is 23.8 Å². The van der Waals surface area contributed by atoms with Gasteiger partial charge in [0.2, 0.25) is 0 Å². The molecular weight excluding hydrogens is 657 g/mol. The molecule has 0 radical (unpaired) electrons. The number of hydrogen-bond donors (Lipinski definition) is 2. The van der Waals surface area contributed by atoms with E-state index in [0.29, 0.717) is 0 Å². The highest BCUT2D eigenvalue weighted by atomic mass is 19.1. The molecule has 4 atom stereocenters. The van der Waals surface area contributed by atoms with E-state index in [4.69, 9.17) is 9.72 Å². The van der Waals surface area contributed by atoms with Crippen LogP contribution in [0.5, 0.6) is 0 Å². The molecule has 3 aromatic rings. The highest BCUT2D eigenvalue weighted by Gasteiger charge is 2.46. The van der Waals surface area contributed by atoms with Crippen LogP contribution in [0.2, 0.25) is 0 Å². The lowest BCUT2D eigenvalue weighted by atomic mass is 9.88. The van der Waals surface area contributed by atoms with E-state index in [0.717, 1.165) is 40.8 Å². The number of amides is 4. The number of alkyl halides is 1. The number of aliphatic hydroxyl groups is 1. The van der Waals surface area contributed by atoms with Gasteiger partial charge in [-0.1, -0.05) is 30.3 Å². The highest BCUT2D eigenvalue weighted by Crippen LogP contribution is 2.38. The molecule has 15 heteroatoms. The number of carbonyl (C=O) groups excluding carboxylic acids is 4. The Hall–Kier alpha value is -5.02. The van der Waals surface area contributed by atoms with Crippen LogP contribution in [-0.2, 0) is 25.7 Å². The van der Waals surface area contributed by atoms with E-state index in [1.807, 2.05) is 30.3 Å². The van der Waals surface area contributed by atoms with Crippen molar-refractivity contribution in [1.29, 1.82) is 0 Å². The predicted molar refractivity (Wildman–Crippen MR) is 173 cm³/mol. The molecule has 4 heterocycles. The molecule has 0 aliphatic carbocycles. The van der Waals surface area contributed by atoms with Crippen LogP contribution >= 0.6 is 0 Å². The van der Waals surface area contributed by atoms with Crippen LogP contribution in [0.25, 0.3) is 11.3 Å². The molecule has 0 spiro atoms. The van der Waals surface area contributed by atoms with Gasteiger partial charge in [0, 0.05) is 75.0 Å². The Morgan fingerprint density at radius 1 is 1.08 bits per heavy atom. The second-order valence-electron chi connectivity index (χ2n) is 12.7. The molecule has 3 aliphatic rings. The maximum atomic E-state index is 15.1. The summed E-state index contributed by atoms with van der Waals surface area (Å²) in [6.07, 6.45) is 0.390. The lowest BCUT2D eigenvalue weighted by Gasteiger charge is -2.46.